The van der Waals surface area contributed by atoms with E-state index in [0.29, 0.717) is 23.5 Å². The average molecular weight is 450 g/mol. The Kier molecular flexibility index (Phi) is 4.62. The Labute approximate surface area is 199 Å². The molecule has 7 rings (SSSR count). The first kappa shape index (κ1) is 21.2. The molecule has 0 aromatic carbocycles. The smallest absolute Gasteiger partial charge is 0.0765 e. The van der Waals surface area contributed by atoms with Crippen LogP contribution in [-0.4, -0.2) is 34.5 Å². The third kappa shape index (κ3) is 2.92. The fraction of sp³-hybridized carbons (Fsp3) is 0.828. The summed E-state index contributed by atoms with van der Waals surface area (Å²) in [7, 11) is 0. The lowest BCUT2D eigenvalue weighted by atomic mass is 9.52. The van der Waals surface area contributed by atoms with E-state index < -0.39 is 0 Å². The van der Waals surface area contributed by atoms with E-state index in [4.69, 9.17) is 4.74 Å². The van der Waals surface area contributed by atoms with Crippen LogP contribution >= 0.6 is 0 Å². The SMILES string of the molecule is CC1=C2C[C@H]3[C@@H](CCC4Cc5n[nH]cc5C[C@@]43C)[C@@H]2CC[C@@]2(C1)O[C@@H]1C[C@H](C)CN[C@H]1[C@H]2C. The van der Waals surface area contributed by atoms with Gasteiger partial charge in [0.15, 0.2) is 0 Å². The van der Waals surface area contributed by atoms with Crippen molar-refractivity contribution in [3.05, 3.63) is 28.6 Å². The van der Waals surface area contributed by atoms with Crippen molar-refractivity contribution in [1.29, 1.82) is 0 Å². The molecule has 4 aliphatic carbocycles. The predicted octanol–water partition coefficient (Wildman–Crippen LogP) is 5.45. The van der Waals surface area contributed by atoms with Gasteiger partial charge in [-0.2, -0.15) is 5.10 Å². The van der Waals surface area contributed by atoms with Crippen molar-refractivity contribution in [3.8, 4) is 0 Å². The molecule has 2 aliphatic heterocycles. The molecule has 2 saturated heterocycles. The van der Waals surface area contributed by atoms with Crippen LogP contribution in [-0.2, 0) is 17.6 Å². The molecule has 6 aliphatic rings. The zero-order valence-electron chi connectivity index (χ0n) is 21.1. The molecule has 33 heavy (non-hydrogen) atoms. The van der Waals surface area contributed by atoms with E-state index in [1.807, 2.05) is 5.57 Å². The van der Waals surface area contributed by atoms with E-state index in [1.165, 1.54) is 69.0 Å². The molecular weight excluding hydrogens is 406 g/mol. The molecule has 1 aromatic heterocycles. The summed E-state index contributed by atoms with van der Waals surface area (Å²) in [6, 6.07) is 0.561. The minimum atomic E-state index is 0.0704. The Hall–Kier alpha value is -1.13. The Bertz CT molecular complexity index is 981. The van der Waals surface area contributed by atoms with Crippen molar-refractivity contribution in [2.45, 2.75) is 103 Å². The van der Waals surface area contributed by atoms with Crippen LogP contribution in [0.2, 0.25) is 0 Å². The topological polar surface area (TPSA) is 49.9 Å². The van der Waals surface area contributed by atoms with Crippen molar-refractivity contribution in [2.24, 2.45) is 40.9 Å². The van der Waals surface area contributed by atoms with Gasteiger partial charge < -0.3 is 10.1 Å². The minimum absolute atomic E-state index is 0.0704. The lowest BCUT2D eigenvalue weighted by Gasteiger charge is -2.52. The number of nitrogens with one attached hydrogen (secondary N) is 2. The van der Waals surface area contributed by atoms with Gasteiger partial charge in [0.1, 0.15) is 0 Å². The summed E-state index contributed by atoms with van der Waals surface area (Å²) in [6.07, 6.45) is 14.3. The minimum Gasteiger partial charge on any atom is -0.369 e. The van der Waals surface area contributed by atoms with Crippen LogP contribution in [0.25, 0.3) is 0 Å². The number of allylic oxidation sites excluding steroid dienone is 1. The Morgan fingerprint density at radius 3 is 2.88 bits per heavy atom. The summed E-state index contributed by atoms with van der Waals surface area (Å²) in [4.78, 5) is 0. The van der Waals surface area contributed by atoms with Gasteiger partial charge in [-0.1, -0.05) is 31.9 Å². The molecule has 4 nitrogen and oxygen atoms in total. The first-order valence-electron chi connectivity index (χ1n) is 14.0. The van der Waals surface area contributed by atoms with Gasteiger partial charge in [-0.3, -0.25) is 5.10 Å². The predicted molar refractivity (Wildman–Crippen MR) is 131 cm³/mol. The first-order chi connectivity index (χ1) is 15.9. The highest BCUT2D eigenvalue weighted by molar-refractivity contribution is 5.32. The quantitative estimate of drug-likeness (QED) is 0.518. The fourth-order valence-electron chi connectivity index (χ4n) is 10.0. The Balaban J connectivity index is 1.19. The molecule has 1 spiro atoms. The normalized spacial score (nSPS) is 50.9. The summed E-state index contributed by atoms with van der Waals surface area (Å²) in [5.41, 5.74) is 6.93. The average Bonchev–Trinajstić information content (AvgIpc) is 3.43. The number of rotatable bonds is 0. The number of hydrogen-bond donors (Lipinski definition) is 2. The van der Waals surface area contributed by atoms with E-state index in [2.05, 4.69) is 49.4 Å². The molecule has 1 unspecified atom stereocenters. The zero-order chi connectivity index (χ0) is 22.5. The second-order valence-corrected chi connectivity index (χ2v) is 13.4. The van der Waals surface area contributed by atoms with Crippen LogP contribution in [0, 0.1) is 40.9 Å². The van der Waals surface area contributed by atoms with E-state index in [0.717, 1.165) is 36.1 Å². The molecule has 4 heteroatoms. The van der Waals surface area contributed by atoms with Crippen LogP contribution in [0.1, 0.15) is 83.9 Å². The number of nitrogens with zero attached hydrogens (tertiary/aromatic N) is 1. The molecule has 4 fully saturated rings. The molecule has 10 atom stereocenters. The number of ether oxygens (including phenoxy) is 1. The van der Waals surface area contributed by atoms with E-state index >= 15 is 0 Å². The molecule has 180 valence electrons. The maximum atomic E-state index is 7.06. The number of fused-ring (bicyclic) bond motifs is 7. The summed E-state index contributed by atoms with van der Waals surface area (Å²) in [6.45, 7) is 11.2. The highest BCUT2D eigenvalue weighted by Crippen LogP contribution is 2.64. The summed E-state index contributed by atoms with van der Waals surface area (Å²) < 4.78 is 7.06. The fourth-order valence-corrected chi connectivity index (χ4v) is 10.0. The van der Waals surface area contributed by atoms with Gasteiger partial charge in [0.05, 0.1) is 17.4 Å². The second kappa shape index (κ2) is 7.20. The third-order valence-electron chi connectivity index (χ3n) is 11.9. The van der Waals surface area contributed by atoms with Crippen molar-refractivity contribution in [3.63, 3.8) is 0 Å². The molecule has 0 amide bonds. The molecule has 0 bridgehead atoms. The monoisotopic (exact) mass is 449 g/mol. The molecule has 1 aromatic rings. The van der Waals surface area contributed by atoms with Gasteiger partial charge in [-0.25, -0.2) is 0 Å². The Morgan fingerprint density at radius 1 is 1.12 bits per heavy atom. The largest absolute Gasteiger partial charge is 0.369 e. The molecule has 3 heterocycles. The van der Waals surface area contributed by atoms with Gasteiger partial charge in [0.25, 0.3) is 0 Å². The lowest BCUT2D eigenvalue weighted by molar-refractivity contribution is -0.0733. The van der Waals surface area contributed by atoms with Gasteiger partial charge in [0, 0.05) is 18.2 Å². The van der Waals surface area contributed by atoms with Gasteiger partial charge in [-0.05, 0) is 112 Å². The van der Waals surface area contributed by atoms with Crippen molar-refractivity contribution in [2.75, 3.05) is 6.54 Å². The maximum absolute atomic E-state index is 7.06. The van der Waals surface area contributed by atoms with Crippen LogP contribution in [0.3, 0.4) is 0 Å². The maximum Gasteiger partial charge on any atom is 0.0765 e. The van der Waals surface area contributed by atoms with Gasteiger partial charge >= 0.3 is 0 Å². The van der Waals surface area contributed by atoms with Gasteiger partial charge in [-0.15, -0.1) is 0 Å². The van der Waals surface area contributed by atoms with Crippen molar-refractivity contribution >= 4 is 0 Å². The number of hydrogen-bond acceptors (Lipinski definition) is 3. The summed E-state index contributed by atoms with van der Waals surface area (Å²) in [5, 5.41) is 11.6. The number of H-pyrrole nitrogens is 1. The zero-order valence-corrected chi connectivity index (χ0v) is 21.1. The van der Waals surface area contributed by atoms with Crippen molar-refractivity contribution < 1.29 is 4.74 Å². The molecular formula is C29H43N3O. The van der Waals surface area contributed by atoms with Crippen LogP contribution < -0.4 is 5.32 Å². The number of aromatic nitrogens is 2. The summed E-state index contributed by atoms with van der Waals surface area (Å²) >= 11 is 0. The van der Waals surface area contributed by atoms with E-state index in [9.17, 15) is 0 Å². The second-order valence-electron chi connectivity index (χ2n) is 13.4. The van der Waals surface area contributed by atoms with Crippen LogP contribution in [0.5, 0.6) is 0 Å². The highest BCUT2D eigenvalue weighted by Gasteiger charge is 2.59. The third-order valence-corrected chi connectivity index (χ3v) is 11.9. The lowest BCUT2D eigenvalue weighted by Crippen LogP contribution is -2.48. The molecule has 0 radical (unpaired) electrons. The van der Waals surface area contributed by atoms with Crippen LogP contribution in [0.15, 0.2) is 17.3 Å². The number of piperidine rings is 1. The van der Waals surface area contributed by atoms with E-state index in [-0.39, 0.29) is 5.60 Å². The Morgan fingerprint density at radius 2 is 2.00 bits per heavy atom. The highest BCUT2D eigenvalue weighted by atomic mass is 16.5. The number of aromatic amines is 1. The standard InChI is InChI=1S/C29H43N3O/c1-16-9-26-27(30-14-16)18(3)29(33-26)8-7-21-22-6-5-20-10-25-19(15-31-32-25)13-28(20,4)24(22)11-23(21)17(2)12-29/h15-16,18,20-22,24,26-27,30H,5-14H2,1-4H3,(H,31,32)/t16-,18+,20?,21-,22-,24-,26+,27-,28-,29-/m0/s1. The molecule has 2 saturated carbocycles. The van der Waals surface area contributed by atoms with Crippen molar-refractivity contribution in [1.82, 2.24) is 15.5 Å². The first-order valence-corrected chi connectivity index (χ1v) is 14.0. The molecule has 2 N–H and O–H groups in total. The van der Waals surface area contributed by atoms with Gasteiger partial charge in [0.2, 0.25) is 0 Å². The van der Waals surface area contributed by atoms with E-state index in [1.54, 1.807) is 5.57 Å². The van der Waals surface area contributed by atoms with Crippen LogP contribution in [0.4, 0.5) is 0 Å². The summed E-state index contributed by atoms with van der Waals surface area (Å²) in [5.74, 6) is 4.72.